The van der Waals surface area contributed by atoms with Gasteiger partial charge in [-0.15, -0.1) is 0 Å². The molecule has 1 amide bonds. The van der Waals surface area contributed by atoms with Crippen molar-refractivity contribution < 1.29 is 27.6 Å². The largest absolute Gasteiger partial charge is 0.457 e. The summed E-state index contributed by atoms with van der Waals surface area (Å²) in [6, 6.07) is 13.6. The fourth-order valence-electron chi connectivity index (χ4n) is 4.99. The Hall–Kier alpha value is -4.39. The van der Waals surface area contributed by atoms with E-state index in [0.29, 0.717) is 11.3 Å². The minimum Gasteiger partial charge on any atom is -0.457 e. The second kappa shape index (κ2) is 11.7. The summed E-state index contributed by atoms with van der Waals surface area (Å²) in [7, 11) is 0. The number of amides is 1. The van der Waals surface area contributed by atoms with Gasteiger partial charge in [-0.05, 0) is 47.7 Å². The second-order valence-electron chi connectivity index (χ2n) is 10.6. The van der Waals surface area contributed by atoms with Crippen LogP contribution in [0.4, 0.5) is 30.4 Å². The molecule has 9 nitrogen and oxygen atoms in total. The molecule has 43 heavy (non-hydrogen) atoms. The number of anilines is 2. The molecule has 0 aliphatic carbocycles. The maximum absolute atomic E-state index is 14.1. The van der Waals surface area contributed by atoms with Gasteiger partial charge in [0.15, 0.2) is 6.04 Å². The van der Waals surface area contributed by atoms with Gasteiger partial charge in [0.2, 0.25) is 0 Å². The third-order valence-electron chi connectivity index (χ3n) is 7.13. The molecule has 5 rings (SSSR count). The number of halogens is 4. The van der Waals surface area contributed by atoms with E-state index in [1.807, 2.05) is 39.0 Å². The van der Waals surface area contributed by atoms with Crippen molar-refractivity contribution in [3.05, 3.63) is 104 Å². The fourth-order valence-corrected chi connectivity index (χ4v) is 5.26. The van der Waals surface area contributed by atoms with Gasteiger partial charge in [0.1, 0.15) is 22.9 Å². The second-order valence-corrected chi connectivity index (χ2v) is 11.5. The molecule has 2 heterocycles. The van der Waals surface area contributed by atoms with Crippen molar-refractivity contribution in [1.29, 1.82) is 0 Å². The Bertz CT molecular complexity index is 1690. The predicted molar refractivity (Wildman–Crippen MR) is 159 cm³/mol. The zero-order valence-electron chi connectivity index (χ0n) is 23.3. The molecule has 0 saturated heterocycles. The minimum atomic E-state index is -4.62. The Morgan fingerprint density at radius 1 is 1.16 bits per heavy atom. The highest BCUT2D eigenvalue weighted by Crippen LogP contribution is 2.44. The van der Waals surface area contributed by atoms with Crippen LogP contribution in [0.25, 0.3) is 0 Å². The summed E-state index contributed by atoms with van der Waals surface area (Å²) in [5.41, 5.74) is 1.96. The molecular formula is C30H27BrF3N5O4. The molecule has 0 radical (unpaired) electrons. The van der Waals surface area contributed by atoms with Crippen molar-refractivity contribution in [2.75, 3.05) is 10.6 Å². The Balaban J connectivity index is 1.47. The summed E-state index contributed by atoms with van der Waals surface area (Å²) >= 11 is 3.33. The van der Waals surface area contributed by atoms with Gasteiger partial charge >= 0.3 is 6.18 Å². The first-order valence-electron chi connectivity index (χ1n) is 13.4. The lowest BCUT2D eigenvalue weighted by Crippen LogP contribution is -2.36. The van der Waals surface area contributed by atoms with E-state index in [9.17, 15) is 28.1 Å². The number of aromatic nitrogens is 2. The summed E-state index contributed by atoms with van der Waals surface area (Å²) < 4.78 is 49.9. The number of non-ortho nitro benzene ring substituents is 1. The van der Waals surface area contributed by atoms with Gasteiger partial charge in [-0.25, -0.2) is 4.68 Å². The summed E-state index contributed by atoms with van der Waals surface area (Å²) in [4.78, 5) is 24.5. The molecule has 0 bridgehead atoms. The van der Waals surface area contributed by atoms with Gasteiger partial charge in [-0.3, -0.25) is 14.9 Å². The lowest BCUT2D eigenvalue weighted by atomic mass is 9.96. The predicted octanol–water partition coefficient (Wildman–Crippen LogP) is 8.69. The first-order chi connectivity index (χ1) is 20.3. The monoisotopic (exact) mass is 657 g/mol. The number of rotatable bonds is 7. The summed E-state index contributed by atoms with van der Waals surface area (Å²) in [6.07, 6.45) is -3.90. The van der Waals surface area contributed by atoms with Crippen LogP contribution in [-0.2, 0) is 0 Å². The molecule has 4 aromatic rings. The average Bonchev–Trinajstić information content (AvgIpc) is 3.36. The quantitative estimate of drug-likeness (QED) is 0.152. The van der Waals surface area contributed by atoms with E-state index < -0.39 is 29.1 Å². The first kappa shape index (κ1) is 30.1. The van der Waals surface area contributed by atoms with E-state index in [2.05, 4.69) is 31.7 Å². The van der Waals surface area contributed by atoms with E-state index in [-0.39, 0.29) is 40.8 Å². The molecule has 3 aromatic carbocycles. The molecule has 0 unspecified atom stereocenters. The number of benzene rings is 3. The van der Waals surface area contributed by atoms with E-state index >= 15 is 0 Å². The SMILES string of the molecule is Cc1ccc(C(C)C)c(Oc2cc(NC(=O)c3cnn4c3N[C@H](c3ccc(Br)cc3)C[C@@H]4C(F)(F)F)cc([N+](=O)[O-])c2)c1. The maximum Gasteiger partial charge on any atom is 0.410 e. The van der Waals surface area contributed by atoms with E-state index in [1.165, 1.54) is 12.1 Å². The normalized spacial score (nSPS) is 16.4. The molecule has 224 valence electrons. The van der Waals surface area contributed by atoms with Crippen molar-refractivity contribution in [2.45, 2.75) is 51.4 Å². The van der Waals surface area contributed by atoms with Crippen molar-refractivity contribution in [2.24, 2.45) is 0 Å². The maximum atomic E-state index is 14.1. The highest BCUT2D eigenvalue weighted by Gasteiger charge is 2.47. The molecule has 2 atom stereocenters. The average molecular weight is 658 g/mol. The number of hydrogen-bond acceptors (Lipinski definition) is 6. The molecule has 1 aromatic heterocycles. The molecule has 13 heteroatoms. The van der Waals surface area contributed by atoms with Crippen LogP contribution in [0.2, 0.25) is 0 Å². The first-order valence-corrected chi connectivity index (χ1v) is 14.1. The zero-order valence-corrected chi connectivity index (χ0v) is 24.9. The number of alkyl halides is 3. The van der Waals surface area contributed by atoms with E-state index in [1.54, 1.807) is 24.3 Å². The molecule has 1 aliphatic rings. The highest BCUT2D eigenvalue weighted by atomic mass is 79.9. The van der Waals surface area contributed by atoms with Crippen LogP contribution in [-0.4, -0.2) is 26.8 Å². The molecule has 0 saturated carbocycles. The number of carbonyl (C=O) groups is 1. The third kappa shape index (κ3) is 6.51. The number of fused-ring (bicyclic) bond motifs is 1. The van der Waals surface area contributed by atoms with E-state index in [0.717, 1.165) is 32.5 Å². The highest BCUT2D eigenvalue weighted by molar-refractivity contribution is 9.10. The molecule has 0 spiro atoms. The molecular weight excluding hydrogens is 631 g/mol. The standard InChI is InChI=1S/C30H27BrF3N5O4/c1-16(2)23-9-4-17(3)10-26(23)43-22-12-20(11-21(13-22)39(41)42)36-29(40)24-15-35-38-27(30(32,33)34)14-25(37-28(24)38)18-5-7-19(31)8-6-18/h4-13,15-16,25,27,37H,14H2,1-3H3,(H,36,40)/t25-,27+/m0/s1. The number of nitro benzene ring substituents is 1. The van der Waals surface area contributed by atoms with Gasteiger partial charge in [-0.2, -0.15) is 18.3 Å². The number of nitro groups is 1. The van der Waals surface area contributed by atoms with Gasteiger partial charge < -0.3 is 15.4 Å². The number of nitrogens with zero attached hydrogens (tertiary/aromatic N) is 3. The van der Waals surface area contributed by atoms with Crippen LogP contribution in [0.5, 0.6) is 11.5 Å². The molecule has 1 aliphatic heterocycles. The van der Waals surface area contributed by atoms with Crippen LogP contribution in [0.3, 0.4) is 0 Å². The van der Waals surface area contributed by atoms with Gasteiger partial charge in [-0.1, -0.05) is 54.0 Å². The fraction of sp³-hybridized carbons (Fsp3) is 0.267. The number of aryl methyl sites for hydroxylation is 1. The lowest BCUT2D eigenvalue weighted by molar-refractivity contribution is -0.384. The molecule has 2 N–H and O–H groups in total. The van der Waals surface area contributed by atoms with Gasteiger partial charge in [0.25, 0.3) is 11.6 Å². The Morgan fingerprint density at radius 3 is 2.53 bits per heavy atom. The number of hydrogen-bond donors (Lipinski definition) is 2. The topological polar surface area (TPSA) is 111 Å². The number of carbonyl (C=O) groups excluding carboxylic acids is 1. The van der Waals surface area contributed by atoms with Crippen LogP contribution >= 0.6 is 15.9 Å². The van der Waals surface area contributed by atoms with Crippen LogP contribution in [0.15, 0.2) is 71.3 Å². The smallest absolute Gasteiger partial charge is 0.410 e. The number of nitrogens with one attached hydrogen (secondary N) is 2. The van der Waals surface area contributed by atoms with Gasteiger partial charge in [0, 0.05) is 23.0 Å². The minimum absolute atomic E-state index is 0.0283. The van der Waals surface area contributed by atoms with Crippen LogP contribution < -0.4 is 15.4 Å². The van der Waals surface area contributed by atoms with Crippen molar-refractivity contribution in [3.8, 4) is 11.5 Å². The van der Waals surface area contributed by atoms with Crippen molar-refractivity contribution >= 4 is 39.0 Å². The zero-order chi connectivity index (χ0) is 31.1. The number of ether oxygens (including phenoxy) is 1. The van der Waals surface area contributed by atoms with Crippen molar-refractivity contribution in [1.82, 2.24) is 9.78 Å². The summed E-state index contributed by atoms with van der Waals surface area (Å²) in [5.74, 6) is -0.172. The van der Waals surface area contributed by atoms with Crippen LogP contribution in [0, 0.1) is 17.0 Å². The Morgan fingerprint density at radius 2 is 1.88 bits per heavy atom. The summed E-state index contributed by atoms with van der Waals surface area (Å²) in [6.45, 7) is 5.87. The van der Waals surface area contributed by atoms with Gasteiger partial charge in [0.05, 0.1) is 28.9 Å². The lowest BCUT2D eigenvalue weighted by Gasteiger charge is -2.34. The van der Waals surface area contributed by atoms with E-state index in [4.69, 9.17) is 4.74 Å². The van der Waals surface area contributed by atoms with Crippen molar-refractivity contribution in [3.63, 3.8) is 0 Å². The Kier molecular flexibility index (Phi) is 8.19. The third-order valence-corrected chi connectivity index (χ3v) is 7.66. The van der Waals surface area contributed by atoms with Crippen LogP contribution in [0.1, 0.15) is 65.3 Å². The Labute approximate surface area is 253 Å². The summed E-state index contributed by atoms with van der Waals surface area (Å²) in [5, 5.41) is 21.2. The molecule has 0 fully saturated rings.